The fraction of sp³-hybridized carbons (Fsp3) is 0.667. The van der Waals surface area contributed by atoms with Gasteiger partial charge >= 0.3 is 0 Å². The van der Waals surface area contributed by atoms with Crippen molar-refractivity contribution in [2.75, 3.05) is 31.2 Å². The molecule has 0 saturated carbocycles. The van der Waals surface area contributed by atoms with Crippen LogP contribution in [0.2, 0.25) is 0 Å². The smallest absolute Gasteiger partial charge is 0.0622 e. The van der Waals surface area contributed by atoms with Gasteiger partial charge in [-0.15, -0.1) is 0 Å². The first-order valence-corrected chi connectivity index (χ1v) is 8.35. The van der Waals surface area contributed by atoms with Crippen LogP contribution in [-0.4, -0.2) is 32.3 Å². The minimum Gasteiger partial charge on any atom is -0.380 e. The standard InChI is InChI=1S/C18H30N2O/c1-4-21-14-18(15(2)3)19-13-16-7-9-17(10-8-16)20-11-5-6-12-20/h7-10,15,18-19H,4-6,11-14H2,1-3H3. The predicted molar refractivity (Wildman–Crippen MR) is 89.8 cm³/mol. The van der Waals surface area contributed by atoms with Gasteiger partial charge in [-0.25, -0.2) is 0 Å². The zero-order valence-electron chi connectivity index (χ0n) is 13.8. The number of benzene rings is 1. The van der Waals surface area contributed by atoms with Crippen molar-refractivity contribution in [3.63, 3.8) is 0 Å². The van der Waals surface area contributed by atoms with Crippen LogP contribution in [0.1, 0.15) is 39.2 Å². The molecule has 1 aliphatic heterocycles. The normalized spacial score (nSPS) is 16.7. The zero-order valence-corrected chi connectivity index (χ0v) is 13.8. The highest BCUT2D eigenvalue weighted by Crippen LogP contribution is 2.20. The molecule has 1 unspecified atom stereocenters. The zero-order chi connectivity index (χ0) is 15.1. The van der Waals surface area contributed by atoms with Crippen molar-refractivity contribution in [1.82, 2.24) is 5.32 Å². The summed E-state index contributed by atoms with van der Waals surface area (Å²) in [4.78, 5) is 2.48. The second-order valence-electron chi connectivity index (χ2n) is 6.25. The topological polar surface area (TPSA) is 24.5 Å². The molecule has 1 aliphatic rings. The highest BCUT2D eigenvalue weighted by molar-refractivity contribution is 5.48. The van der Waals surface area contributed by atoms with Crippen LogP contribution in [0.25, 0.3) is 0 Å². The van der Waals surface area contributed by atoms with Crippen LogP contribution in [-0.2, 0) is 11.3 Å². The van der Waals surface area contributed by atoms with E-state index in [-0.39, 0.29) is 0 Å². The van der Waals surface area contributed by atoms with Gasteiger partial charge in [-0.05, 0) is 43.4 Å². The van der Waals surface area contributed by atoms with Crippen molar-refractivity contribution in [2.45, 2.75) is 46.2 Å². The summed E-state index contributed by atoms with van der Waals surface area (Å²) in [5.41, 5.74) is 2.71. The summed E-state index contributed by atoms with van der Waals surface area (Å²) in [5.74, 6) is 0.584. The summed E-state index contributed by atoms with van der Waals surface area (Å²) in [6.45, 7) is 11.4. The highest BCUT2D eigenvalue weighted by Gasteiger charge is 2.14. The Morgan fingerprint density at radius 2 is 1.81 bits per heavy atom. The van der Waals surface area contributed by atoms with E-state index in [1.165, 1.54) is 37.2 Å². The van der Waals surface area contributed by atoms with E-state index in [1.807, 2.05) is 0 Å². The average molecular weight is 290 g/mol. The van der Waals surface area contributed by atoms with Crippen LogP contribution >= 0.6 is 0 Å². The molecule has 0 spiro atoms. The summed E-state index contributed by atoms with van der Waals surface area (Å²) in [6, 6.07) is 9.44. The van der Waals surface area contributed by atoms with Gasteiger partial charge in [0.25, 0.3) is 0 Å². The summed E-state index contributed by atoms with van der Waals surface area (Å²) in [7, 11) is 0. The molecule has 1 fully saturated rings. The molecular weight excluding hydrogens is 260 g/mol. The lowest BCUT2D eigenvalue weighted by atomic mass is 10.0. The van der Waals surface area contributed by atoms with E-state index in [0.29, 0.717) is 12.0 Å². The number of ether oxygens (including phenoxy) is 1. The van der Waals surface area contributed by atoms with E-state index >= 15 is 0 Å². The third-order valence-corrected chi connectivity index (χ3v) is 4.28. The quantitative estimate of drug-likeness (QED) is 0.794. The van der Waals surface area contributed by atoms with Crippen molar-refractivity contribution < 1.29 is 4.74 Å². The Morgan fingerprint density at radius 1 is 1.14 bits per heavy atom. The Morgan fingerprint density at radius 3 is 2.38 bits per heavy atom. The molecule has 1 heterocycles. The second kappa shape index (κ2) is 8.40. The van der Waals surface area contributed by atoms with E-state index in [9.17, 15) is 0 Å². The number of hydrogen-bond acceptors (Lipinski definition) is 3. The van der Waals surface area contributed by atoms with Gasteiger partial charge in [-0.3, -0.25) is 0 Å². The average Bonchev–Trinajstić information content (AvgIpc) is 3.02. The predicted octanol–water partition coefficient (Wildman–Crippen LogP) is 3.44. The number of nitrogens with one attached hydrogen (secondary N) is 1. The first kappa shape index (κ1) is 16.3. The molecule has 0 bridgehead atoms. The molecule has 3 heteroatoms. The summed E-state index contributed by atoms with van der Waals surface area (Å²) in [6.07, 6.45) is 2.66. The van der Waals surface area contributed by atoms with E-state index in [1.54, 1.807) is 0 Å². The number of rotatable bonds is 8. The van der Waals surface area contributed by atoms with Gasteiger partial charge in [0.2, 0.25) is 0 Å². The minimum atomic E-state index is 0.420. The minimum absolute atomic E-state index is 0.420. The molecule has 21 heavy (non-hydrogen) atoms. The van der Waals surface area contributed by atoms with Gasteiger partial charge < -0.3 is 15.0 Å². The molecule has 2 rings (SSSR count). The van der Waals surface area contributed by atoms with Crippen molar-refractivity contribution in [2.24, 2.45) is 5.92 Å². The molecule has 3 nitrogen and oxygen atoms in total. The van der Waals surface area contributed by atoms with E-state index in [4.69, 9.17) is 4.74 Å². The molecule has 1 saturated heterocycles. The monoisotopic (exact) mass is 290 g/mol. The van der Waals surface area contributed by atoms with Crippen molar-refractivity contribution in [3.05, 3.63) is 29.8 Å². The second-order valence-corrected chi connectivity index (χ2v) is 6.25. The molecule has 1 aromatic carbocycles. The Labute approximate surface area is 129 Å². The maximum absolute atomic E-state index is 5.56. The Kier molecular flexibility index (Phi) is 6.52. The Balaban J connectivity index is 1.84. The van der Waals surface area contributed by atoms with E-state index in [2.05, 4.69) is 55.3 Å². The molecule has 1 N–H and O–H groups in total. The number of hydrogen-bond donors (Lipinski definition) is 1. The lowest BCUT2D eigenvalue weighted by molar-refractivity contribution is 0.108. The molecule has 0 radical (unpaired) electrons. The molecule has 0 aromatic heterocycles. The van der Waals surface area contributed by atoms with Gasteiger partial charge in [0.15, 0.2) is 0 Å². The summed E-state index contributed by atoms with van der Waals surface area (Å²) >= 11 is 0. The van der Waals surface area contributed by atoms with Gasteiger partial charge in [0.05, 0.1) is 6.61 Å². The first-order chi connectivity index (χ1) is 10.2. The molecule has 1 aromatic rings. The van der Waals surface area contributed by atoms with Gasteiger partial charge in [0, 0.05) is 38.0 Å². The SMILES string of the molecule is CCOCC(NCc1ccc(N2CCCC2)cc1)C(C)C. The summed E-state index contributed by atoms with van der Waals surface area (Å²) in [5, 5.41) is 3.62. The fourth-order valence-electron chi connectivity index (χ4n) is 2.78. The van der Waals surface area contributed by atoms with Gasteiger partial charge in [-0.1, -0.05) is 26.0 Å². The number of anilines is 1. The van der Waals surface area contributed by atoms with E-state index in [0.717, 1.165) is 19.8 Å². The third kappa shape index (κ3) is 5.01. The maximum Gasteiger partial charge on any atom is 0.0622 e. The molecule has 0 aliphatic carbocycles. The molecule has 1 atom stereocenters. The Hall–Kier alpha value is -1.06. The van der Waals surface area contributed by atoms with Crippen molar-refractivity contribution >= 4 is 5.69 Å². The van der Waals surface area contributed by atoms with Crippen molar-refractivity contribution in [3.8, 4) is 0 Å². The van der Waals surface area contributed by atoms with Crippen LogP contribution in [0.5, 0.6) is 0 Å². The van der Waals surface area contributed by atoms with Gasteiger partial charge in [-0.2, -0.15) is 0 Å². The Bertz CT molecular complexity index is 396. The van der Waals surface area contributed by atoms with Crippen LogP contribution in [0.4, 0.5) is 5.69 Å². The largest absolute Gasteiger partial charge is 0.380 e. The number of nitrogens with zero attached hydrogens (tertiary/aromatic N) is 1. The molecular formula is C18H30N2O. The van der Waals surface area contributed by atoms with Crippen LogP contribution < -0.4 is 10.2 Å². The molecule has 0 amide bonds. The van der Waals surface area contributed by atoms with Crippen molar-refractivity contribution in [1.29, 1.82) is 0 Å². The summed E-state index contributed by atoms with van der Waals surface area (Å²) < 4.78 is 5.56. The maximum atomic E-state index is 5.56. The third-order valence-electron chi connectivity index (χ3n) is 4.28. The van der Waals surface area contributed by atoms with Crippen LogP contribution in [0.3, 0.4) is 0 Å². The first-order valence-electron chi connectivity index (χ1n) is 8.35. The van der Waals surface area contributed by atoms with Crippen LogP contribution in [0, 0.1) is 5.92 Å². The fourth-order valence-corrected chi connectivity index (χ4v) is 2.78. The highest BCUT2D eigenvalue weighted by atomic mass is 16.5. The molecule has 118 valence electrons. The van der Waals surface area contributed by atoms with Crippen LogP contribution in [0.15, 0.2) is 24.3 Å². The van der Waals surface area contributed by atoms with E-state index < -0.39 is 0 Å². The lowest BCUT2D eigenvalue weighted by Crippen LogP contribution is -2.37. The van der Waals surface area contributed by atoms with Gasteiger partial charge in [0.1, 0.15) is 0 Å². The lowest BCUT2D eigenvalue weighted by Gasteiger charge is -2.22.